The molecular formula is C17H29NO3. The average Bonchev–Trinajstić information content (AvgIpc) is 3.30. The quantitative estimate of drug-likeness (QED) is 0.792. The number of hydrogen-bond donors (Lipinski definition) is 1. The second kappa shape index (κ2) is 5.88. The van der Waals surface area contributed by atoms with Gasteiger partial charge in [0.2, 0.25) is 0 Å². The molecule has 0 aromatic heterocycles. The Morgan fingerprint density at radius 1 is 1.24 bits per heavy atom. The Morgan fingerprint density at radius 2 is 1.95 bits per heavy atom. The van der Waals surface area contributed by atoms with E-state index in [1.165, 1.54) is 39.2 Å². The molecule has 4 nitrogen and oxygen atoms in total. The van der Waals surface area contributed by atoms with Crippen LogP contribution in [0.15, 0.2) is 0 Å². The lowest BCUT2D eigenvalue weighted by atomic mass is 9.77. The van der Waals surface area contributed by atoms with Gasteiger partial charge in [-0.25, -0.2) is 0 Å². The molecule has 3 rings (SSSR count). The highest BCUT2D eigenvalue weighted by atomic mass is 16.5. The van der Waals surface area contributed by atoms with Crippen LogP contribution in [0.4, 0.5) is 0 Å². The number of carbonyl (C=O) groups excluding carboxylic acids is 1. The number of methoxy groups -OCH3 is 1. The first-order chi connectivity index (χ1) is 10.1. The van der Waals surface area contributed by atoms with Crippen LogP contribution in [0.5, 0.6) is 0 Å². The topological polar surface area (TPSA) is 61.5 Å². The normalized spacial score (nSPS) is 31.0. The van der Waals surface area contributed by atoms with Crippen molar-refractivity contribution in [3.63, 3.8) is 0 Å². The Morgan fingerprint density at radius 3 is 2.52 bits per heavy atom. The summed E-state index contributed by atoms with van der Waals surface area (Å²) >= 11 is 0. The molecule has 0 aromatic carbocycles. The maximum absolute atomic E-state index is 12.3. The van der Waals surface area contributed by atoms with Crippen LogP contribution in [0.25, 0.3) is 0 Å². The van der Waals surface area contributed by atoms with E-state index in [1.807, 2.05) is 0 Å². The van der Waals surface area contributed by atoms with E-state index in [-0.39, 0.29) is 17.7 Å². The fraction of sp³-hybridized carbons (Fsp3) is 0.941. The summed E-state index contributed by atoms with van der Waals surface area (Å²) in [6, 6.07) is 0. The van der Waals surface area contributed by atoms with Gasteiger partial charge in [0.05, 0.1) is 24.2 Å². The number of rotatable bonds is 5. The Hall–Kier alpha value is -0.610. The van der Waals surface area contributed by atoms with Gasteiger partial charge in [-0.3, -0.25) is 4.79 Å². The lowest BCUT2D eigenvalue weighted by Gasteiger charge is -2.36. The van der Waals surface area contributed by atoms with Crippen molar-refractivity contribution in [1.82, 2.24) is 0 Å². The monoisotopic (exact) mass is 295 g/mol. The third-order valence-electron chi connectivity index (χ3n) is 6.01. The molecule has 0 bridgehead atoms. The summed E-state index contributed by atoms with van der Waals surface area (Å²) in [6.45, 7) is 0.386. The highest BCUT2D eigenvalue weighted by Crippen LogP contribution is 2.51. The van der Waals surface area contributed by atoms with Gasteiger partial charge in [-0.1, -0.05) is 19.3 Å². The summed E-state index contributed by atoms with van der Waals surface area (Å²) < 4.78 is 11.5. The average molecular weight is 295 g/mol. The van der Waals surface area contributed by atoms with Gasteiger partial charge in [-0.15, -0.1) is 0 Å². The molecule has 3 fully saturated rings. The van der Waals surface area contributed by atoms with Crippen LogP contribution in [-0.4, -0.2) is 31.3 Å². The van der Waals surface area contributed by atoms with Crippen LogP contribution in [0.2, 0.25) is 0 Å². The number of carbonyl (C=O) groups is 1. The molecule has 1 heterocycles. The molecule has 4 heteroatoms. The zero-order valence-electron chi connectivity index (χ0n) is 13.2. The standard InChI is InChI=1S/C17H29NO3/c1-20-15(19)17(12-18,13-5-6-13)11-14-7-10-16(21-14)8-3-2-4-9-16/h13-14H,2-12,18H2,1H3. The Balaban J connectivity index is 1.68. The SMILES string of the molecule is COC(=O)C(CN)(CC1CCC2(CCCCC2)O1)C1CC1. The summed E-state index contributed by atoms with van der Waals surface area (Å²) in [5.74, 6) is 0.280. The van der Waals surface area contributed by atoms with Crippen LogP contribution in [0, 0.1) is 11.3 Å². The molecule has 3 aliphatic rings. The largest absolute Gasteiger partial charge is 0.469 e. The molecule has 2 N–H and O–H groups in total. The summed E-state index contributed by atoms with van der Waals surface area (Å²) in [7, 11) is 1.48. The second-order valence-corrected chi connectivity index (χ2v) is 7.35. The van der Waals surface area contributed by atoms with Crippen LogP contribution < -0.4 is 5.73 Å². The van der Waals surface area contributed by atoms with Crippen molar-refractivity contribution < 1.29 is 14.3 Å². The summed E-state index contributed by atoms with van der Waals surface area (Å²) in [4.78, 5) is 12.3. The smallest absolute Gasteiger partial charge is 0.313 e. The van der Waals surface area contributed by atoms with Crippen molar-refractivity contribution >= 4 is 5.97 Å². The van der Waals surface area contributed by atoms with E-state index in [0.29, 0.717) is 12.5 Å². The van der Waals surface area contributed by atoms with E-state index in [9.17, 15) is 4.79 Å². The van der Waals surface area contributed by atoms with E-state index in [4.69, 9.17) is 15.2 Å². The zero-order valence-corrected chi connectivity index (χ0v) is 13.2. The molecule has 1 saturated heterocycles. The van der Waals surface area contributed by atoms with Gasteiger partial charge < -0.3 is 15.2 Å². The van der Waals surface area contributed by atoms with Crippen molar-refractivity contribution in [1.29, 1.82) is 0 Å². The third kappa shape index (κ3) is 2.85. The van der Waals surface area contributed by atoms with Gasteiger partial charge in [-0.2, -0.15) is 0 Å². The highest BCUT2D eigenvalue weighted by Gasteiger charge is 2.53. The van der Waals surface area contributed by atoms with Crippen molar-refractivity contribution in [3.05, 3.63) is 0 Å². The molecule has 0 amide bonds. The van der Waals surface area contributed by atoms with Crippen LogP contribution in [0.3, 0.4) is 0 Å². The van der Waals surface area contributed by atoms with E-state index in [0.717, 1.165) is 32.1 Å². The Kier molecular flexibility index (Phi) is 4.28. The van der Waals surface area contributed by atoms with Gasteiger partial charge >= 0.3 is 5.97 Å². The molecule has 2 aliphatic carbocycles. The maximum Gasteiger partial charge on any atom is 0.313 e. The van der Waals surface area contributed by atoms with Crippen molar-refractivity contribution in [2.45, 2.75) is 75.9 Å². The first-order valence-corrected chi connectivity index (χ1v) is 8.60. The van der Waals surface area contributed by atoms with E-state index >= 15 is 0 Å². The lowest BCUT2D eigenvalue weighted by molar-refractivity contribution is -0.158. The van der Waals surface area contributed by atoms with E-state index in [1.54, 1.807) is 0 Å². The summed E-state index contributed by atoms with van der Waals surface area (Å²) in [5.41, 5.74) is 5.63. The first kappa shape index (κ1) is 15.3. The molecular weight excluding hydrogens is 266 g/mol. The molecule has 120 valence electrons. The lowest BCUT2D eigenvalue weighted by Crippen LogP contribution is -2.44. The van der Waals surface area contributed by atoms with Gasteiger partial charge in [0.1, 0.15) is 0 Å². The molecule has 2 atom stereocenters. The van der Waals surface area contributed by atoms with Crippen molar-refractivity contribution in [3.8, 4) is 0 Å². The molecule has 2 unspecified atom stereocenters. The minimum Gasteiger partial charge on any atom is -0.469 e. The van der Waals surface area contributed by atoms with E-state index in [2.05, 4.69) is 0 Å². The highest BCUT2D eigenvalue weighted by molar-refractivity contribution is 5.78. The van der Waals surface area contributed by atoms with E-state index < -0.39 is 5.41 Å². The predicted octanol–water partition coefficient (Wildman–Crippen LogP) is 2.79. The third-order valence-corrected chi connectivity index (χ3v) is 6.01. The fourth-order valence-corrected chi connectivity index (χ4v) is 4.60. The number of hydrogen-bond acceptors (Lipinski definition) is 4. The second-order valence-electron chi connectivity index (χ2n) is 7.35. The van der Waals surface area contributed by atoms with Gasteiger partial charge in [0, 0.05) is 6.54 Å². The maximum atomic E-state index is 12.3. The fourth-order valence-electron chi connectivity index (χ4n) is 4.60. The first-order valence-electron chi connectivity index (χ1n) is 8.60. The molecule has 1 spiro atoms. The number of ether oxygens (including phenoxy) is 2. The molecule has 0 radical (unpaired) electrons. The number of nitrogens with two attached hydrogens (primary N) is 1. The summed E-state index contributed by atoms with van der Waals surface area (Å²) in [6.07, 6.45) is 11.7. The molecule has 21 heavy (non-hydrogen) atoms. The minimum atomic E-state index is -0.500. The molecule has 1 aliphatic heterocycles. The Labute approximate surface area is 127 Å². The summed E-state index contributed by atoms with van der Waals surface area (Å²) in [5, 5.41) is 0. The minimum absolute atomic E-state index is 0.114. The van der Waals surface area contributed by atoms with Crippen LogP contribution in [0.1, 0.15) is 64.2 Å². The zero-order chi connectivity index (χ0) is 14.9. The van der Waals surface area contributed by atoms with Crippen LogP contribution >= 0.6 is 0 Å². The van der Waals surface area contributed by atoms with Crippen molar-refractivity contribution in [2.24, 2.45) is 17.1 Å². The predicted molar refractivity (Wildman–Crippen MR) is 80.8 cm³/mol. The van der Waals surface area contributed by atoms with Gasteiger partial charge in [-0.05, 0) is 50.9 Å². The van der Waals surface area contributed by atoms with Gasteiger partial charge in [0.25, 0.3) is 0 Å². The molecule has 0 aromatic rings. The van der Waals surface area contributed by atoms with Crippen LogP contribution in [-0.2, 0) is 14.3 Å². The van der Waals surface area contributed by atoms with Crippen molar-refractivity contribution in [2.75, 3.05) is 13.7 Å². The van der Waals surface area contributed by atoms with Gasteiger partial charge in [0.15, 0.2) is 0 Å². The Bertz CT molecular complexity index is 387. The molecule has 2 saturated carbocycles. The number of esters is 1.